The van der Waals surface area contributed by atoms with Crippen LogP contribution in [0.15, 0.2) is 70.0 Å². The van der Waals surface area contributed by atoms with Crippen molar-refractivity contribution >= 4 is 54.8 Å². The number of sulfone groups is 1. The number of fused-ring (bicyclic) bond motifs is 1. The number of ether oxygens (including phenoxy) is 1. The minimum atomic E-state index is -3.97. The molecular formula is C21H16N4O7S2. The van der Waals surface area contributed by atoms with E-state index in [2.05, 4.69) is 10.3 Å². The Hall–Kier alpha value is -4.10. The van der Waals surface area contributed by atoms with Gasteiger partial charge < -0.3 is 14.6 Å². The lowest BCUT2D eigenvalue weighted by atomic mass is 10.2. The zero-order valence-electron chi connectivity index (χ0n) is 17.5. The van der Waals surface area contributed by atoms with Gasteiger partial charge in [0.25, 0.3) is 5.69 Å². The summed E-state index contributed by atoms with van der Waals surface area (Å²) in [7, 11) is -2.70. The Labute approximate surface area is 196 Å². The quantitative estimate of drug-likeness (QED) is 0.231. The first-order valence-corrected chi connectivity index (χ1v) is 11.9. The number of aromatic nitrogens is 2. The van der Waals surface area contributed by atoms with Gasteiger partial charge in [0, 0.05) is 29.2 Å². The smallest absolute Gasteiger partial charge is 0.340 e. The van der Waals surface area contributed by atoms with Crippen LogP contribution in [0.25, 0.3) is 10.9 Å². The normalized spacial score (nSPS) is 11.3. The number of non-ortho nitro benzene ring substituents is 1. The van der Waals surface area contributed by atoms with Crippen LogP contribution in [-0.4, -0.2) is 41.9 Å². The highest BCUT2D eigenvalue weighted by atomic mass is 32.2. The maximum atomic E-state index is 12.8. The fourth-order valence-corrected chi connectivity index (χ4v) is 5.72. The highest BCUT2D eigenvalue weighted by Crippen LogP contribution is 2.29. The summed E-state index contributed by atoms with van der Waals surface area (Å²) < 4.78 is 31.8. The maximum absolute atomic E-state index is 12.8. The Morgan fingerprint density at radius 3 is 2.56 bits per heavy atom. The molecule has 0 saturated carbocycles. The number of nitro benzene ring substituents is 1. The Balaban J connectivity index is 1.52. The zero-order chi connectivity index (χ0) is 24.5. The summed E-state index contributed by atoms with van der Waals surface area (Å²) in [5.74, 6) is -1.01. The molecule has 174 valence electrons. The second-order valence-electron chi connectivity index (χ2n) is 6.97. The molecule has 0 aliphatic heterocycles. The highest BCUT2D eigenvalue weighted by Gasteiger charge is 2.23. The number of carbonyl (C=O) groups excluding carboxylic acids is 2. The molecule has 0 aliphatic rings. The number of amides is 1. The van der Waals surface area contributed by atoms with E-state index in [-0.39, 0.29) is 26.5 Å². The summed E-state index contributed by atoms with van der Waals surface area (Å²) in [5.41, 5.74) is 0.736. The number of hydrogen-bond acceptors (Lipinski definition) is 9. The molecule has 13 heteroatoms. The van der Waals surface area contributed by atoms with Gasteiger partial charge in [-0.1, -0.05) is 29.5 Å². The number of thiazole rings is 1. The maximum Gasteiger partial charge on any atom is 0.340 e. The van der Waals surface area contributed by atoms with Gasteiger partial charge >= 0.3 is 5.97 Å². The van der Waals surface area contributed by atoms with Crippen molar-refractivity contribution in [2.45, 2.75) is 15.6 Å². The number of esters is 1. The van der Waals surface area contributed by atoms with Crippen LogP contribution < -0.4 is 5.32 Å². The average Bonchev–Trinajstić information content (AvgIpc) is 3.44. The molecule has 1 N–H and O–H groups in total. The number of nitrogens with one attached hydrogen (secondary N) is 1. The number of para-hydroxylation sites is 1. The van der Waals surface area contributed by atoms with Crippen molar-refractivity contribution in [2.75, 3.05) is 12.4 Å². The number of carbonyl (C=O) groups is 2. The number of methoxy groups -OCH3 is 1. The Kier molecular flexibility index (Phi) is 6.13. The van der Waals surface area contributed by atoms with E-state index in [1.807, 2.05) is 0 Å². The largest absolute Gasteiger partial charge is 0.465 e. The van der Waals surface area contributed by atoms with Gasteiger partial charge in [0.15, 0.2) is 5.13 Å². The predicted octanol–water partition coefficient (Wildman–Crippen LogP) is 3.26. The monoisotopic (exact) mass is 500 g/mol. The molecule has 2 aromatic heterocycles. The molecule has 4 aromatic rings. The first kappa shape index (κ1) is 23.1. The molecule has 1 amide bonds. The summed E-state index contributed by atoms with van der Waals surface area (Å²) in [4.78, 5) is 38.6. The van der Waals surface area contributed by atoms with Gasteiger partial charge in [-0.05, 0) is 18.2 Å². The first-order valence-electron chi connectivity index (χ1n) is 9.62. The zero-order valence-corrected chi connectivity index (χ0v) is 19.1. The van der Waals surface area contributed by atoms with Crippen LogP contribution in [0.3, 0.4) is 0 Å². The van der Waals surface area contributed by atoms with Crippen molar-refractivity contribution in [1.29, 1.82) is 0 Å². The summed E-state index contributed by atoms with van der Waals surface area (Å²) in [5, 5.41) is 14.0. The van der Waals surface area contributed by atoms with Crippen molar-refractivity contribution in [1.82, 2.24) is 9.55 Å². The SMILES string of the molecule is COC(=O)c1cn(CC(=O)Nc2ncc(S(=O)(=O)c3ccc([N+](=O)[O-])cc3)s2)c2ccccc12. The summed E-state index contributed by atoms with van der Waals surface area (Å²) in [6, 6.07) is 11.5. The fraction of sp³-hybridized carbons (Fsp3) is 0.0952. The number of nitrogens with zero attached hydrogens (tertiary/aromatic N) is 3. The third-order valence-corrected chi connectivity index (χ3v) is 8.00. The molecule has 34 heavy (non-hydrogen) atoms. The molecule has 0 aliphatic carbocycles. The summed E-state index contributed by atoms with van der Waals surface area (Å²) >= 11 is 0.753. The van der Waals surface area contributed by atoms with Gasteiger partial charge in [0.05, 0.1) is 28.7 Å². The van der Waals surface area contributed by atoms with E-state index in [1.54, 1.807) is 28.8 Å². The molecule has 0 bridgehead atoms. The van der Waals surface area contributed by atoms with Crippen molar-refractivity contribution in [3.63, 3.8) is 0 Å². The standard InChI is InChI=1S/C21H16N4O7S2/c1-32-20(27)16-11-24(17-5-3-2-4-15(16)17)12-18(26)23-21-22-10-19(33-21)34(30,31)14-8-6-13(7-9-14)25(28)29/h2-11H,12H2,1H3,(H,22,23,26). The topological polar surface area (TPSA) is 150 Å². The first-order chi connectivity index (χ1) is 16.2. The summed E-state index contributed by atoms with van der Waals surface area (Å²) in [6.07, 6.45) is 2.62. The molecule has 0 spiro atoms. The fourth-order valence-electron chi connectivity index (χ4n) is 3.27. The molecular weight excluding hydrogens is 484 g/mol. The highest BCUT2D eigenvalue weighted by molar-refractivity contribution is 7.93. The van der Waals surface area contributed by atoms with Crippen LogP contribution in [0, 0.1) is 10.1 Å². The Morgan fingerprint density at radius 2 is 1.88 bits per heavy atom. The van der Waals surface area contributed by atoms with E-state index in [4.69, 9.17) is 4.74 Å². The molecule has 2 aromatic carbocycles. The Bertz CT molecular complexity index is 1520. The lowest BCUT2D eigenvalue weighted by Gasteiger charge is -2.05. The van der Waals surface area contributed by atoms with Crippen molar-refractivity contribution in [3.8, 4) is 0 Å². The molecule has 0 saturated heterocycles. The molecule has 2 heterocycles. The van der Waals surface area contributed by atoms with Gasteiger partial charge in [0.1, 0.15) is 10.8 Å². The van der Waals surface area contributed by atoms with E-state index < -0.39 is 26.6 Å². The number of rotatable bonds is 7. The molecule has 11 nitrogen and oxygen atoms in total. The van der Waals surface area contributed by atoms with Gasteiger partial charge in [-0.25, -0.2) is 18.2 Å². The average molecular weight is 501 g/mol. The van der Waals surface area contributed by atoms with Crippen LogP contribution in [0.5, 0.6) is 0 Å². The van der Waals surface area contributed by atoms with E-state index in [0.29, 0.717) is 16.5 Å². The predicted molar refractivity (Wildman–Crippen MR) is 123 cm³/mol. The molecule has 4 rings (SSSR count). The van der Waals surface area contributed by atoms with Crippen LogP contribution in [0.2, 0.25) is 0 Å². The van der Waals surface area contributed by atoms with E-state index in [9.17, 15) is 28.1 Å². The minimum absolute atomic E-state index is 0.0649. The van der Waals surface area contributed by atoms with Crippen molar-refractivity contribution in [3.05, 3.63) is 76.6 Å². The number of anilines is 1. The molecule has 0 radical (unpaired) electrons. The van der Waals surface area contributed by atoms with Crippen LogP contribution in [0.4, 0.5) is 10.8 Å². The molecule has 0 fully saturated rings. The van der Waals surface area contributed by atoms with Crippen LogP contribution >= 0.6 is 11.3 Å². The van der Waals surface area contributed by atoms with Gasteiger partial charge in [0.2, 0.25) is 15.7 Å². The van der Waals surface area contributed by atoms with Crippen LogP contribution in [0.1, 0.15) is 10.4 Å². The number of benzene rings is 2. The third-order valence-electron chi connectivity index (χ3n) is 4.86. The van der Waals surface area contributed by atoms with E-state index in [1.165, 1.54) is 13.3 Å². The van der Waals surface area contributed by atoms with Crippen LogP contribution in [-0.2, 0) is 25.9 Å². The lowest BCUT2D eigenvalue weighted by Crippen LogP contribution is -2.18. The van der Waals surface area contributed by atoms with E-state index >= 15 is 0 Å². The van der Waals surface area contributed by atoms with Gasteiger partial charge in [-0.3, -0.25) is 14.9 Å². The minimum Gasteiger partial charge on any atom is -0.465 e. The molecule has 0 atom stereocenters. The van der Waals surface area contributed by atoms with Crippen molar-refractivity contribution in [2.24, 2.45) is 0 Å². The second-order valence-corrected chi connectivity index (χ2v) is 10.2. The number of hydrogen-bond donors (Lipinski definition) is 1. The molecule has 0 unspecified atom stereocenters. The summed E-state index contributed by atoms with van der Waals surface area (Å²) in [6.45, 7) is -0.151. The van der Waals surface area contributed by atoms with Gasteiger partial charge in [-0.15, -0.1) is 0 Å². The van der Waals surface area contributed by atoms with E-state index in [0.717, 1.165) is 41.8 Å². The van der Waals surface area contributed by atoms with Gasteiger partial charge in [-0.2, -0.15) is 0 Å². The third kappa shape index (κ3) is 4.38. The number of nitro groups is 1. The lowest BCUT2D eigenvalue weighted by molar-refractivity contribution is -0.384. The second kappa shape index (κ2) is 9.03. The Morgan fingerprint density at radius 1 is 1.18 bits per heavy atom. The van der Waals surface area contributed by atoms with Crippen molar-refractivity contribution < 1.29 is 27.7 Å².